The molecular weight excluding hydrogens is 294 g/mol. The van der Waals surface area contributed by atoms with Crippen molar-refractivity contribution in [3.8, 4) is 0 Å². The van der Waals surface area contributed by atoms with Crippen molar-refractivity contribution in [1.29, 1.82) is 0 Å². The summed E-state index contributed by atoms with van der Waals surface area (Å²) in [6.07, 6.45) is 4.99. The molecule has 2 N–H and O–H groups in total. The van der Waals surface area contributed by atoms with Crippen LogP contribution in [-0.2, 0) is 11.3 Å². The summed E-state index contributed by atoms with van der Waals surface area (Å²) in [7, 11) is 0. The van der Waals surface area contributed by atoms with E-state index in [1.165, 1.54) is 6.33 Å². The van der Waals surface area contributed by atoms with Crippen LogP contribution in [0.1, 0.15) is 29.6 Å². The molecule has 1 aromatic carbocycles. The van der Waals surface area contributed by atoms with Crippen LogP contribution in [0.25, 0.3) is 0 Å². The molecule has 1 heterocycles. The van der Waals surface area contributed by atoms with Crippen molar-refractivity contribution in [3.05, 3.63) is 48.5 Å². The Labute approximate surface area is 135 Å². The fourth-order valence-electron chi connectivity index (χ4n) is 2.05. The van der Waals surface area contributed by atoms with E-state index >= 15 is 0 Å². The molecule has 0 aliphatic rings. The Morgan fingerprint density at radius 1 is 1.04 bits per heavy atom. The molecule has 0 aliphatic heterocycles. The number of hydrogen-bond acceptors (Lipinski definition) is 4. The van der Waals surface area contributed by atoms with Crippen molar-refractivity contribution in [1.82, 2.24) is 25.4 Å². The van der Waals surface area contributed by atoms with E-state index < -0.39 is 0 Å². The van der Waals surface area contributed by atoms with Gasteiger partial charge in [-0.15, -0.1) is 0 Å². The van der Waals surface area contributed by atoms with Gasteiger partial charge >= 0.3 is 0 Å². The van der Waals surface area contributed by atoms with E-state index in [2.05, 4.69) is 20.7 Å². The van der Waals surface area contributed by atoms with Crippen molar-refractivity contribution in [2.45, 2.75) is 25.8 Å². The van der Waals surface area contributed by atoms with Crippen LogP contribution < -0.4 is 10.6 Å². The number of aryl methyl sites for hydroxylation is 1. The van der Waals surface area contributed by atoms with E-state index in [9.17, 15) is 9.59 Å². The zero-order valence-corrected chi connectivity index (χ0v) is 12.9. The van der Waals surface area contributed by atoms with Gasteiger partial charge in [0.2, 0.25) is 5.91 Å². The lowest BCUT2D eigenvalue weighted by Gasteiger charge is -2.07. The van der Waals surface area contributed by atoms with E-state index in [0.29, 0.717) is 38.0 Å². The van der Waals surface area contributed by atoms with Crippen molar-refractivity contribution in [2.75, 3.05) is 13.1 Å². The fourth-order valence-corrected chi connectivity index (χ4v) is 2.05. The second kappa shape index (κ2) is 9.34. The first-order valence-corrected chi connectivity index (χ1v) is 7.68. The van der Waals surface area contributed by atoms with Crippen molar-refractivity contribution >= 4 is 11.8 Å². The smallest absolute Gasteiger partial charge is 0.251 e. The van der Waals surface area contributed by atoms with Gasteiger partial charge in [-0.2, -0.15) is 5.10 Å². The number of nitrogens with one attached hydrogen (secondary N) is 2. The van der Waals surface area contributed by atoms with Gasteiger partial charge in [0.15, 0.2) is 0 Å². The lowest BCUT2D eigenvalue weighted by atomic mass is 10.2. The highest BCUT2D eigenvalue weighted by atomic mass is 16.2. The number of hydrogen-bond donors (Lipinski definition) is 2. The molecule has 0 radical (unpaired) electrons. The minimum absolute atomic E-state index is 0.0134. The molecule has 2 amide bonds. The van der Waals surface area contributed by atoms with Crippen LogP contribution in [0.3, 0.4) is 0 Å². The minimum atomic E-state index is -0.0928. The summed E-state index contributed by atoms with van der Waals surface area (Å²) in [4.78, 5) is 27.3. The number of rotatable bonds is 9. The standard InChI is InChI=1S/C16H21N5O2/c22-15(8-4-11-21-13-17-12-20-21)18-9-5-10-19-16(23)14-6-2-1-3-7-14/h1-3,6-7,12-13H,4-5,8-11H2,(H,18,22)(H,19,23). The van der Waals surface area contributed by atoms with Gasteiger partial charge in [0, 0.05) is 31.6 Å². The second-order valence-electron chi connectivity index (χ2n) is 5.09. The average molecular weight is 315 g/mol. The van der Waals surface area contributed by atoms with E-state index in [-0.39, 0.29) is 11.8 Å². The third kappa shape index (κ3) is 6.29. The Morgan fingerprint density at radius 3 is 2.57 bits per heavy atom. The Balaban J connectivity index is 1.50. The maximum Gasteiger partial charge on any atom is 0.251 e. The summed E-state index contributed by atoms with van der Waals surface area (Å²) >= 11 is 0. The van der Waals surface area contributed by atoms with Gasteiger partial charge in [-0.3, -0.25) is 14.3 Å². The van der Waals surface area contributed by atoms with Crippen LogP contribution in [-0.4, -0.2) is 39.7 Å². The van der Waals surface area contributed by atoms with Crippen LogP contribution in [0.2, 0.25) is 0 Å². The van der Waals surface area contributed by atoms with Crippen molar-refractivity contribution < 1.29 is 9.59 Å². The molecule has 2 aromatic rings. The lowest BCUT2D eigenvalue weighted by molar-refractivity contribution is -0.121. The van der Waals surface area contributed by atoms with Gasteiger partial charge in [-0.1, -0.05) is 18.2 Å². The molecule has 2 rings (SSSR count). The molecule has 0 bridgehead atoms. The predicted molar refractivity (Wildman–Crippen MR) is 85.7 cm³/mol. The van der Waals surface area contributed by atoms with Crippen molar-refractivity contribution in [3.63, 3.8) is 0 Å². The Kier molecular flexibility index (Phi) is 6.77. The zero-order valence-electron chi connectivity index (χ0n) is 12.9. The number of nitrogens with zero attached hydrogens (tertiary/aromatic N) is 3. The highest BCUT2D eigenvalue weighted by molar-refractivity contribution is 5.94. The second-order valence-corrected chi connectivity index (χ2v) is 5.09. The quantitative estimate of drug-likeness (QED) is 0.676. The van der Waals surface area contributed by atoms with Gasteiger partial charge in [0.05, 0.1) is 0 Å². The summed E-state index contributed by atoms with van der Waals surface area (Å²) in [5.41, 5.74) is 0.643. The number of carbonyl (C=O) groups is 2. The Bertz CT molecular complexity index is 598. The number of benzene rings is 1. The molecule has 0 unspecified atom stereocenters. The average Bonchev–Trinajstić information content (AvgIpc) is 3.08. The summed E-state index contributed by atoms with van der Waals surface area (Å²) in [5, 5.41) is 9.64. The third-order valence-electron chi connectivity index (χ3n) is 3.25. The third-order valence-corrected chi connectivity index (χ3v) is 3.25. The first-order chi connectivity index (χ1) is 11.3. The van der Waals surface area contributed by atoms with Crippen LogP contribution >= 0.6 is 0 Å². The number of amides is 2. The first-order valence-electron chi connectivity index (χ1n) is 7.68. The van der Waals surface area contributed by atoms with Gasteiger partial charge < -0.3 is 10.6 Å². The summed E-state index contributed by atoms with van der Waals surface area (Å²) < 4.78 is 1.70. The molecule has 0 saturated heterocycles. The lowest BCUT2D eigenvalue weighted by Crippen LogP contribution is -2.29. The molecule has 0 saturated carbocycles. The summed E-state index contributed by atoms with van der Waals surface area (Å²) in [6, 6.07) is 9.07. The van der Waals surface area contributed by atoms with Gasteiger partial charge in [0.1, 0.15) is 12.7 Å². The number of carbonyl (C=O) groups excluding carboxylic acids is 2. The Morgan fingerprint density at radius 2 is 1.83 bits per heavy atom. The molecule has 122 valence electrons. The van der Waals surface area contributed by atoms with Gasteiger partial charge in [-0.25, -0.2) is 4.98 Å². The fraction of sp³-hybridized carbons (Fsp3) is 0.375. The van der Waals surface area contributed by atoms with E-state index in [1.807, 2.05) is 18.2 Å². The van der Waals surface area contributed by atoms with Gasteiger partial charge in [0.25, 0.3) is 5.91 Å². The summed E-state index contributed by atoms with van der Waals surface area (Å²) in [5.74, 6) is -0.0794. The molecule has 0 spiro atoms. The van der Waals surface area contributed by atoms with E-state index in [1.54, 1.807) is 23.1 Å². The topological polar surface area (TPSA) is 88.9 Å². The minimum Gasteiger partial charge on any atom is -0.356 e. The normalized spacial score (nSPS) is 10.3. The highest BCUT2D eigenvalue weighted by Gasteiger charge is 2.04. The largest absolute Gasteiger partial charge is 0.356 e. The number of aromatic nitrogens is 3. The van der Waals surface area contributed by atoms with Crippen LogP contribution in [0.5, 0.6) is 0 Å². The maximum absolute atomic E-state index is 11.8. The molecule has 23 heavy (non-hydrogen) atoms. The van der Waals surface area contributed by atoms with Crippen molar-refractivity contribution in [2.24, 2.45) is 0 Å². The maximum atomic E-state index is 11.8. The van der Waals surface area contributed by atoms with Gasteiger partial charge in [-0.05, 0) is 25.0 Å². The van der Waals surface area contributed by atoms with E-state index in [0.717, 1.165) is 6.42 Å². The molecule has 0 aliphatic carbocycles. The molecule has 7 heteroatoms. The SMILES string of the molecule is O=C(CCCn1cncn1)NCCCNC(=O)c1ccccc1. The molecular formula is C16H21N5O2. The molecule has 0 atom stereocenters. The highest BCUT2D eigenvalue weighted by Crippen LogP contribution is 1.97. The zero-order chi connectivity index (χ0) is 16.3. The monoisotopic (exact) mass is 315 g/mol. The molecule has 7 nitrogen and oxygen atoms in total. The molecule has 1 aromatic heterocycles. The predicted octanol–water partition coefficient (Wildman–Crippen LogP) is 0.995. The summed E-state index contributed by atoms with van der Waals surface area (Å²) in [6.45, 7) is 1.77. The molecule has 0 fully saturated rings. The van der Waals surface area contributed by atoms with E-state index in [4.69, 9.17) is 0 Å². The van der Waals surface area contributed by atoms with Crippen LogP contribution in [0, 0.1) is 0 Å². The first kappa shape index (κ1) is 16.7. The van der Waals surface area contributed by atoms with Crippen LogP contribution in [0.15, 0.2) is 43.0 Å². The van der Waals surface area contributed by atoms with Crippen LogP contribution in [0.4, 0.5) is 0 Å². The Hall–Kier alpha value is -2.70.